The normalized spacial score (nSPS) is 12.4. The third kappa shape index (κ3) is 6.45. The van der Waals surface area contributed by atoms with Crippen LogP contribution >= 0.6 is 0 Å². The van der Waals surface area contributed by atoms with Gasteiger partial charge in [0.05, 0.1) is 5.57 Å². The highest BCUT2D eigenvalue weighted by molar-refractivity contribution is 6.00. The van der Waals surface area contributed by atoms with Gasteiger partial charge in [-0.3, -0.25) is 0 Å². The predicted molar refractivity (Wildman–Crippen MR) is 121 cm³/mol. The second-order valence-electron chi connectivity index (χ2n) is 7.18. The van der Waals surface area contributed by atoms with Crippen molar-refractivity contribution < 1.29 is 23.0 Å². The Morgan fingerprint density at radius 2 is 1.31 bits per heavy atom. The van der Waals surface area contributed by atoms with Gasteiger partial charge in [-0.1, -0.05) is 72.8 Å². The summed E-state index contributed by atoms with van der Waals surface area (Å²) in [5.41, 5.74) is 0.520. The molecule has 0 saturated heterocycles. The van der Waals surface area contributed by atoms with Crippen LogP contribution in [0.4, 0.5) is 13.2 Å². The van der Waals surface area contributed by atoms with Crippen molar-refractivity contribution >= 4 is 11.1 Å². The van der Waals surface area contributed by atoms with Gasteiger partial charge in [-0.15, -0.1) is 0 Å². The Kier molecular flexibility index (Phi) is 8.48. The minimum atomic E-state index is -4.54. The highest BCUT2D eigenvalue weighted by Crippen LogP contribution is 2.42. The lowest BCUT2D eigenvalue weighted by atomic mass is 9.89. The molecular weight excluding hydrogens is 415 g/mol. The first kappa shape index (κ1) is 23.6. The zero-order valence-corrected chi connectivity index (χ0v) is 17.6. The van der Waals surface area contributed by atoms with Gasteiger partial charge in [-0.05, 0) is 41.8 Å². The van der Waals surface area contributed by atoms with Crippen molar-refractivity contribution in [1.29, 1.82) is 0 Å². The van der Waals surface area contributed by atoms with Crippen LogP contribution in [0, 0.1) is 0 Å². The van der Waals surface area contributed by atoms with Crippen LogP contribution in [0.1, 0.15) is 23.1 Å². The Hall–Kier alpha value is -3.09. The van der Waals surface area contributed by atoms with Gasteiger partial charge >= 0.3 is 6.18 Å². The van der Waals surface area contributed by atoms with E-state index in [1.54, 1.807) is 72.8 Å². The summed E-state index contributed by atoms with van der Waals surface area (Å²) in [5.74, 6) is 0.582. The summed E-state index contributed by atoms with van der Waals surface area (Å²) in [6.45, 7) is 1.87. The average molecular weight is 441 g/mol. The average Bonchev–Trinajstić information content (AvgIpc) is 2.80. The molecule has 2 N–H and O–H groups in total. The summed E-state index contributed by atoms with van der Waals surface area (Å²) >= 11 is 0. The minimum Gasteiger partial charge on any atom is -0.492 e. The fourth-order valence-corrected chi connectivity index (χ4v) is 3.40. The first-order valence-corrected chi connectivity index (χ1v) is 10.5. The molecule has 0 atom stereocenters. The highest BCUT2D eigenvalue weighted by atomic mass is 19.4. The van der Waals surface area contributed by atoms with Crippen LogP contribution in [0.3, 0.4) is 0 Å². The number of hydrogen-bond donors (Lipinski definition) is 2. The molecule has 0 aliphatic heterocycles. The number of halogens is 3. The Bertz CT molecular complexity index is 985. The number of hydrogen-bond acceptors (Lipinski definition) is 3. The van der Waals surface area contributed by atoms with E-state index in [0.717, 1.165) is 0 Å². The molecule has 6 heteroatoms. The summed E-state index contributed by atoms with van der Waals surface area (Å²) in [5, 5.41) is 11.9. The third-order valence-electron chi connectivity index (χ3n) is 4.86. The van der Waals surface area contributed by atoms with Crippen molar-refractivity contribution in [3.63, 3.8) is 0 Å². The van der Waals surface area contributed by atoms with Gasteiger partial charge in [0.25, 0.3) is 0 Å². The molecule has 0 radical (unpaired) electrons. The van der Waals surface area contributed by atoms with E-state index < -0.39 is 11.7 Å². The first-order valence-electron chi connectivity index (χ1n) is 10.5. The van der Waals surface area contributed by atoms with E-state index in [1.165, 1.54) is 12.1 Å². The molecule has 0 aliphatic rings. The minimum absolute atomic E-state index is 0.119. The van der Waals surface area contributed by atoms with Crippen LogP contribution < -0.4 is 10.1 Å². The van der Waals surface area contributed by atoms with Crippen molar-refractivity contribution in [3.8, 4) is 5.75 Å². The molecule has 0 fully saturated rings. The number of allylic oxidation sites excluding steroid dienone is 1. The molecule has 32 heavy (non-hydrogen) atoms. The van der Waals surface area contributed by atoms with Crippen LogP contribution in [0.2, 0.25) is 0 Å². The molecule has 0 aliphatic carbocycles. The fraction of sp³-hybridized carbons (Fsp3) is 0.231. The van der Waals surface area contributed by atoms with E-state index in [1.807, 2.05) is 0 Å². The lowest BCUT2D eigenvalue weighted by Crippen LogP contribution is -2.22. The molecule has 3 rings (SSSR count). The molecule has 0 aromatic heterocycles. The van der Waals surface area contributed by atoms with Crippen LogP contribution in [-0.2, 0) is 0 Å². The van der Waals surface area contributed by atoms with Gasteiger partial charge in [0.2, 0.25) is 0 Å². The maximum atomic E-state index is 14.3. The standard InChI is InChI=1S/C26H26F3NO2/c27-26(28,29)25(22-10-5-2-6-11-22)24(20-8-3-1-4-9-20)21-12-14-23(15-13-21)32-19-17-30-16-7-18-31/h1-6,8-15,30-31H,7,16-19H2/b25-24+. The number of ether oxygens (including phenoxy) is 1. The molecular formula is C26H26F3NO2. The summed E-state index contributed by atoms with van der Waals surface area (Å²) in [6.07, 6.45) is -3.87. The molecule has 0 saturated carbocycles. The molecule has 168 valence electrons. The molecule has 0 heterocycles. The maximum Gasteiger partial charge on any atom is 0.417 e. The van der Waals surface area contributed by atoms with Gasteiger partial charge in [0.1, 0.15) is 12.4 Å². The van der Waals surface area contributed by atoms with Crippen molar-refractivity contribution in [2.75, 3.05) is 26.3 Å². The Labute approximate surface area is 186 Å². The lowest BCUT2D eigenvalue weighted by molar-refractivity contribution is -0.0685. The number of benzene rings is 3. The summed E-state index contributed by atoms with van der Waals surface area (Å²) in [4.78, 5) is 0. The summed E-state index contributed by atoms with van der Waals surface area (Å²) in [7, 11) is 0. The molecule has 0 unspecified atom stereocenters. The summed E-state index contributed by atoms with van der Waals surface area (Å²) < 4.78 is 48.6. The van der Waals surface area contributed by atoms with Crippen LogP contribution in [-0.4, -0.2) is 37.6 Å². The SMILES string of the molecule is OCCCNCCOc1ccc(/C(=C(\c2ccccc2)C(F)(F)F)c2ccccc2)cc1. The quantitative estimate of drug-likeness (QED) is 0.320. The number of aliphatic hydroxyl groups excluding tert-OH is 1. The fourth-order valence-electron chi connectivity index (χ4n) is 3.40. The topological polar surface area (TPSA) is 41.5 Å². The zero-order chi connectivity index (χ0) is 22.8. The molecule has 0 spiro atoms. The van der Waals surface area contributed by atoms with E-state index in [0.29, 0.717) is 43.0 Å². The van der Waals surface area contributed by atoms with Gasteiger partial charge < -0.3 is 15.2 Å². The third-order valence-corrected chi connectivity index (χ3v) is 4.86. The predicted octanol–water partition coefficient (Wildman–Crippen LogP) is 5.56. The van der Waals surface area contributed by atoms with Crippen molar-refractivity contribution in [2.24, 2.45) is 0 Å². The van der Waals surface area contributed by atoms with E-state index in [9.17, 15) is 13.2 Å². The highest BCUT2D eigenvalue weighted by Gasteiger charge is 2.38. The smallest absolute Gasteiger partial charge is 0.417 e. The van der Waals surface area contributed by atoms with Gasteiger partial charge in [-0.25, -0.2) is 0 Å². The molecule has 3 aromatic rings. The Morgan fingerprint density at radius 3 is 1.88 bits per heavy atom. The zero-order valence-electron chi connectivity index (χ0n) is 17.6. The van der Waals surface area contributed by atoms with Crippen molar-refractivity contribution in [3.05, 3.63) is 102 Å². The van der Waals surface area contributed by atoms with Gasteiger partial charge in [0, 0.05) is 18.7 Å². The second kappa shape index (κ2) is 11.5. The Balaban J connectivity index is 1.94. The van der Waals surface area contributed by atoms with E-state index in [4.69, 9.17) is 9.84 Å². The van der Waals surface area contributed by atoms with E-state index in [-0.39, 0.29) is 17.7 Å². The molecule has 0 amide bonds. The van der Waals surface area contributed by atoms with Crippen LogP contribution in [0.5, 0.6) is 5.75 Å². The summed E-state index contributed by atoms with van der Waals surface area (Å²) in [6, 6.07) is 23.2. The largest absolute Gasteiger partial charge is 0.492 e. The number of nitrogens with one attached hydrogen (secondary N) is 1. The second-order valence-corrected chi connectivity index (χ2v) is 7.18. The molecule has 3 nitrogen and oxygen atoms in total. The van der Waals surface area contributed by atoms with Gasteiger partial charge in [-0.2, -0.15) is 13.2 Å². The number of rotatable bonds is 10. The molecule has 3 aromatic carbocycles. The van der Waals surface area contributed by atoms with Gasteiger partial charge in [0.15, 0.2) is 0 Å². The monoisotopic (exact) mass is 441 g/mol. The molecule has 0 bridgehead atoms. The van der Waals surface area contributed by atoms with Crippen LogP contribution in [0.25, 0.3) is 11.1 Å². The number of alkyl halides is 3. The van der Waals surface area contributed by atoms with E-state index in [2.05, 4.69) is 5.32 Å². The van der Waals surface area contributed by atoms with Crippen molar-refractivity contribution in [2.45, 2.75) is 12.6 Å². The maximum absolute atomic E-state index is 14.3. The number of aliphatic hydroxyl groups is 1. The Morgan fingerprint density at radius 1 is 0.750 bits per heavy atom. The van der Waals surface area contributed by atoms with Crippen LogP contribution in [0.15, 0.2) is 84.9 Å². The van der Waals surface area contributed by atoms with E-state index >= 15 is 0 Å². The van der Waals surface area contributed by atoms with Crippen molar-refractivity contribution in [1.82, 2.24) is 5.32 Å². The lowest BCUT2D eigenvalue weighted by Gasteiger charge is -2.20. The first-order chi connectivity index (χ1) is 15.5.